The van der Waals surface area contributed by atoms with Crippen LogP contribution < -0.4 is 15.4 Å². The lowest BCUT2D eigenvalue weighted by atomic mass is 9.92. The lowest BCUT2D eigenvalue weighted by molar-refractivity contribution is -0.0706. The number of amides is 1. The molecule has 4 N–H and O–H groups in total. The van der Waals surface area contributed by atoms with E-state index in [4.69, 9.17) is 0 Å². The van der Waals surface area contributed by atoms with Crippen molar-refractivity contribution in [3.8, 4) is 0 Å². The zero-order chi connectivity index (χ0) is 28.0. The van der Waals surface area contributed by atoms with E-state index in [0.717, 1.165) is 12.1 Å². The molecule has 0 aliphatic carbocycles. The molecule has 38 heavy (non-hydrogen) atoms. The summed E-state index contributed by atoms with van der Waals surface area (Å²) in [5.41, 5.74) is -0.0540. The van der Waals surface area contributed by atoms with Gasteiger partial charge in [-0.3, -0.25) is 4.79 Å². The van der Waals surface area contributed by atoms with Gasteiger partial charge in [0, 0.05) is 24.2 Å². The van der Waals surface area contributed by atoms with Gasteiger partial charge < -0.3 is 25.4 Å². The molecule has 0 spiro atoms. The number of carbonyl (C=O) groups excluding carboxylic acids is 1. The normalized spacial score (nSPS) is 14.5. The molecule has 0 bridgehead atoms. The van der Waals surface area contributed by atoms with Crippen LogP contribution in [0.15, 0.2) is 54.6 Å². The number of aliphatic hydroxyl groups is 1. The zero-order valence-electron chi connectivity index (χ0n) is 21.6. The quantitative estimate of drug-likeness (QED) is 0.311. The molecule has 1 amide bonds. The third-order valence-corrected chi connectivity index (χ3v) is 6.24. The first kappa shape index (κ1) is 29.0. The standard InChI is InChI=1S/C25H25F3N4O3S.C2H6/c1-15-6-9-21(20(27)10-15)30-23-18(7-8-19(26)22(23)28)24(33)32-13-25(34,14-32)12-29-16-4-3-5-17(11-16)31-36(2)35;1-2/h3-11,29-31,34H,12-14H2,1-2H3;1-2H3. The Balaban J connectivity index is 0.00000195. The van der Waals surface area contributed by atoms with Crippen LogP contribution in [0.4, 0.5) is 35.9 Å². The summed E-state index contributed by atoms with van der Waals surface area (Å²) in [4.78, 5) is 14.4. The zero-order valence-corrected chi connectivity index (χ0v) is 22.4. The maximum Gasteiger partial charge on any atom is 0.256 e. The number of β-amino-alcohol motifs (C(OH)–C–C–N with tert-alkyl or cyclic N) is 1. The predicted octanol–water partition coefficient (Wildman–Crippen LogP) is 5.19. The molecule has 0 aromatic heterocycles. The topological polar surface area (TPSA) is 93.7 Å². The number of nitrogens with one attached hydrogen (secondary N) is 3. The van der Waals surface area contributed by atoms with Gasteiger partial charge in [-0.25, -0.2) is 17.4 Å². The van der Waals surface area contributed by atoms with Crippen molar-refractivity contribution in [1.82, 2.24) is 4.90 Å². The predicted molar refractivity (Wildman–Crippen MR) is 146 cm³/mol. The van der Waals surface area contributed by atoms with Crippen molar-refractivity contribution < 1.29 is 27.3 Å². The number of nitrogens with zero attached hydrogens (tertiary/aromatic N) is 1. The highest BCUT2D eigenvalue weighted by Gasteiger charge is 2.44. The highest BCUT2D eigenvalue weighted by Crippen LogP contribution is 2.32. The first-order valence-corrected chi connectivity index (χ1v) is 13.6. The summed E-state index contributed by atoms with van der Waals surface area (Å²) >= 11 is 0. The molecule has 0 saturated carbocycles. The average Bonchev–Trinajstić information content (AvgIpc) is 2.86. The van der Waals surface area contributed by atoms with Crippen molar-refractivity contribution in [3.05, 3.63) is 83.2 Å². The average molecular weight is 549 g/mol. The summed E-state index contributed by atoms with van der Waals surface area (Å²) < 4.78 is 57.1. The summed E-state index contributed by atoms with van der Waals surface area (Å²) in [6.45, 7) is 5.71. The minimum atomic E-state index is -1.31. The monoisotopic (exact) mass is 548 g/mol. The Bertz CT molecular complexity index is 1330. The number of benzene rings is 3. The largest absolute Gasteiger partial charge is 0.384 e. The Morgan fingerprint density at radius 1 is 1.03 bits per heavy atom. The van der Waals surface area contributed by atoms with Crippen LogP contribution in [0.3, 0.4) is 0 Å². The second kappa shape index (κ2) is 12.3. The number of hydrogen-bond donors (Lipinski definition) is 4. The molecule has 1 aliphatic heterocycles. The lowest BCUT2D eigenvalue weighted by Crippen LogP contribution is -2.66. The summed E-state index contributed by atoms with van der Waals surface area (Å²) in [5, 5.41) is 16.4. The van der Waals surface area contributed by atoms with E-state index in [-0.39, 0.29) is 30.9 Å². The first-order chi connectivity index (χ1) is 18.0. The molecular weight excluding hydrogens is 517 g/mol. The van der Waals surface area contributed by atoms with E-state index in [1.54, 1.807) is 37.3 Å². The molecule has 3 aromatic carbocycles. The van der Waals surface area contributed by atoms with Gasteiger partial charge in [0.25, 0.3) is 5.91 Å². The van der Waals surface area contributed by atoms with Crippen LogP contribution in [0.5, 0.6) is 0 Å². The highest BCUT2D eigenvalue weighted by atomic mass is 32.2. The van der Waals surface area contributed by atoms with Crippen LogP contribution in [-0.4, -0.2) is 51.6 Å². The van der Waals surface area contributed by atoms with Crippen LogP contribution in [0.2, 0.25) is 0 Å². The minimum Gasteiger partial charge on any atom is -0.384 e. The fraction of sp³-hybridized carbons (Fsp3) is 0.296. The van der Waals surface area contributed by atoms with E-state index in [0.29, 0.717) is 16.9 Å². The van der Waals surface area contributed by atoms with Crippen molar-refractivity contribution in [3.63, 3.8) is 0 Å². The molecule has 1 unspecified atom stereocenters. The van der Waals surface area contributed by atoms with Crippen molar-refractivity contribution >= 4 is 39.6 Å². The van der Waals surface area contributed by atoms with Crippen LogP contribution in [0.25, 0.3) is 0 Å². The Morgan fingerprint density at radius 2 is 1.71 bits per heavy atom. The third kappa shape index (κ3) is 6.84. The molecule has 11 heteroatoms. The van der Waals surface area contributed by atoms with Crippen LogP contribution in [-0.2, 0) is 11.0 Å². The molecule has 1 fully saturated rings. The number of hydrogen-bond acceptors (Lipinski definition) is 5. The smallest absolute Gasteiger partial charge is 0.256 e. The Morgan fingerprint density at radius 3 is 2.37 bits per heavy atom. The number of likely N-dealkylation sites (tertiary alicyclic amines) is 1. The third-order valence-electron chi connectivity index (χ3n) is 5.71. The molecule has 1 saturated heterocycles. The van der Waals surface area contributed by atoms with Gasteiger partial charge in [0.15, 0.2) is 11.6 Å². The van der Waals surface area contributed by atoms with Crippen molar-refractivity contribution in [2.75, 3.05) is 41.2 Å². The number of anilines is 4. The molecule has 3 aromatic rings. The number of halogens is 3. The fourth-order valence-corrected chi connectivity index (χ4v) is 4.38. The van der Waals surface area contributed by atoms with Gasteiger partial charge >= 0.3 is 0 Å². The van der Waals surface area contributed by atoms with Gasteiger partial charge in [0.05, 0.1) is 30.0 Å². The van der Waals surface area contributed by atoms with Crippen molar-refractivity contribution in [1.29, 1.82) is 0 Å². The van der Waals surface area contributed by atoms with Gasteiger partial charge in [-0.2, -0.15) is 0 Å². The van der Waals surface area contributed by atoms with Gasteiger partial charge in [0.2, 0.25) is 0 Å². The molecule has 4 rings (SSSR count). The van der Waals surface area contributed by atoms with E-state index >= 15 is 0 Å². The van der Waals surface area contributed by atoms with E-state index < -0.39 is 45.6 Å². The van der Waals surface area contributed by atoms with E-state index in [2.05, 4.69) is 15.4 Å². The Labute approximate surface area is 222 Å². The van der Waals surface area contributed by atoms with Crippen LogP contribution in [0, 0.1) is 24.4 Å². The fourth-order valence-electron chi connectivity index (χ4n) is 3.92. The molecule has 1 aliphatic rings. The first-order valence-electron chi connectivity index (χ1n) is 12.0. The molecule has 1 atom stereocenters. The molecule has 7 nitrogen and oxygen atoms in total. The minimum absolute atomic E-state index is 0.0485. The SMILES string of the molecule is CC.Cc1ccc(Nc2c(C(=O)N3CC(O)(CNc4cccc(NS(C)=O)c4)C3)ccc(F)c2F)c(F)c1. The summed E-state index contributed by atoms with van der Waals surface area (Å²) in [6, 6.07) is 13.2. The summed E-state index contributed by atoms with van der Waals surface area (Å²) in [5.74, 6) is -3.80. The van der Waals surface area contributed by atoms with E-state index in [1.165, 1.54) is 23.3 Å². The van der Waals surface area contributed by atoms with Gasteiger partial charge in [-0.05, 0) is 55.0 Å². The summed E-state index contributed by atoms with van der Waals surface area (Å²) in [6.07, 6.45) is 1.51. The number of rotatable bonds is 8. The van der Waals surface area contributed by atoms with Gasteiger partial charge in [-0.1, -0.05) is 26.0 Å². The lowest BCUT2D eigenvalue weighted by Gasteiger charge is -2.46. The van der Waals surface area contributed by atoms with Gasteiger partial charge in [-0.15, -0.1) is 0 Å². The van der Waals surface area contributed by atoms with E-state index in [1.807, 2.05) is 13.8 Å². The highest BCUT2D eigenvalue weighted by molar-refractivity contribution is 7.85. The Kier molecular flexibility index (Phi) is 9.40. The molecule has 204 valence electrons. The molecule has 0 radical (unpaired) electrons. The van der Waals surface area contributed by atoms with Crippen molar-refractivity contribution in [2.45, 2.75) is 26.4 Å². The second-order valence-electron chi connectivity index (χ2n) is 8.77. The summed E-state index contributed by atoms with van der Waals surface area (Å²) in [7, 11) is -1.23. The maximum atomic E-state index is 14.7. The number of carbonyl (C=O) groups is 1. The number of aryl methyl sites for hydroxylation is 1. The molecule has 1 heterocycles. The van der Waals surface area contributed by atoms with E-state index in [9.17, 15) is 27.3 Å². The maximum absolute atomic E-state index is 14.7. The van der Waals surface area contributed by atoms with Crippen LogP contribution in [0.1, 0.15) is 29.8 Å². The van der Waals surface area contributed by atoms with Gasteiger partial charge in [0.1, 0.15) is 22.4 Å². The van der Waals surface area contributed by atoms with Crippen LogP contribution >= 0.6 is 0 Å². The Hall–Kier alpha value is -3.57. The second-order valence-corrected chi connectivity index (χ2v) is 9.88. The molecular formula is C27H31F3N4O3S. The van der Waals surface area contributed by atoms with Crippen molar-refractivity contribution in [2.24, 2.45) is 0 Å².